The Morgan fingerprint density at radius 2 is 1.70 bits per heavy atom. The molecule has 0 atom stereocenters. The van der Waals surface area contributed by atoms with Gasteiger partial charge in [-0.2, -0.15) is 0 Å². The van der Waals surface area contributed by atoms with Crippen molar-refractivity contribution in [3.63, 3.8) is 0 Å². The van der Waals surface area contributed by atoms with Crippen LogP contribution in [0.2, 0.25) is 0 Å². The van der Waals surface area contributed by atoms with Crippen LogP contribution in [0.4, 0.5) is 8.78 Å². The Bertz CT molecular complexity index is 762. The van der Waals surface area contributed by atoms with E-state index in [0.717, 1.165) is 11.0 Å². The Balaban J connectivity index is 1.82. The van der Waals surface area contributed by atoms with Crippen LogP contribution in [-0.2, 0) is 10.0 Å². The Morgan fingerprint density at radius 1 is 1.04 bits per heavy atom. The molecule has 2 rings (SSSR count). The van der Waals surface area contributed by atoms with Crippen LogP contribution in [0, 0.1) is 18.6 Å². The van der Waals surface area contributed by atoms with E-state index < -0.39 is 15.8 Å². The van der Waals surface area contributed by atoms with Gasteiger partial charge in [0.2, 0.25) is 10.0 Å². The molecule has 0 aromatic heterocycles. The maximum absolute atomic E-state index is 13.0. The van der Waals surface area contributed by atoms with Crippen molar-refractivity contribution in [1.29, 1.82) is 0 Å². The third-order valence-electron chi connectivity index (χ3n) is 3.12. The van der Waals surface area contributed by atoms with Gasteiger partial charge in [0.1, 0.15) is 11.6 Å². The third-order valence-corrected chi connectivity index (χ3v) is 5.84. The summed E-state index contributed by atoms with van der Waals surface area (Å²) in [5.41, 5.74) is 0.373. The fraction of sp³-hybridized carbons (Fsp3) is 0.250. The molecule has 124 valence electrons. The van der Waals surface area contributed by atoms with Crippen molar-refractivity contribution < 1.29 is 17.2 Å². The average Bonchev–Trinajstić information content (AvgIpc) is 2.48. The minimum absolute atomic E-state index is 0.0880. The lowest BCUT2D eigenvalue weighted by atomic mass is 10.2. The van der Waals surface area contributed by atoms with E-state index in [0.29, 0.717) is 17.7 Å². The fourth-order valence-electron chi connectivity index (χ4n) is 1.99. The standard InChI is InChI=1S/C16H17F2NO2S2/c1-12-11-14(18)5-8-16(12)23(20,21)19-9-2-10-22-15-6-3-13(17)4-7-15/h3-8,11,19H,2,9-10H2,1H3. The summed E-state index contributed by atoms with van der Waals surface area (Å²) in [4.78, 5) is 1.02. The topological polar surface area (TPSA) is 46.2 Å². The van der Waals surface area contributed by atoms with Crippen LogP contribution in [0.15, 0.2) is 52.3 Å². The number of sulfonamides is 1. The predicted molar refractivity (Wildman–Crippen MR) is 88.1 cm³/mol. The van der Waals surface area contributed by atoms with Gasteiger partial charge in [-0.1, -0.05) is 0 Å². The normalized spacial score (nSPS) is 11.6. The zero-order valence-electron chi connectivity index (χ0n) is 12.6. The van der Waals surface area contributed by atoms with Gasteiger partial charge in [0, 0.05) is 11.4 Å². The van der Waals surface area contributed by atoms with E-state index in [1.165, 1.54) is 36.0 Å². The van der Waals surface area contributed by atoms with Crippen LogP contribution >= 0.6 is 11.8 Å². The minimum Gasteiger partial charge on any atom is -0.211 e. The first-order valence-corrected chi connectivity index (χ1v) is 9.49. The van der Waals surface area contributed by atoms with E-state index in [2.05, 4.69) is 4.72 Å². The quantitative estimate of drug-likeness (QED) is 0.607. The highest BCUT2D eigenvalue weighted by Gasteiger charge is 2.16. The van der Waals surface area contributed by atoms with E-state index >= 15 is 0 Å². The lowest BCUT2D eigenvalue weighted by Gasteiger charge is -2.09. The van der Waals surface area contributed by atoms with Crippen LogP contribution in [0.5, 0.6) is 0 Å². The second-order valence-corrected chi connectivity index (χ2v) is 7.87. The Morgan fingerprint density at radius 3 is 2.35 bits per heavy atom. The Hall–Kier alpha value is -1.44. The first kappa shape index (κ1) is 17.9. The molecule has 7 heteroatoms. The average molecular weight is 357 g/mol. The Labute approximate surface area is 139 Å². The van der Waals surface area contributed by atoms with E-state index in [4.69, 9.17) is 0 Å². The molecular weight excluding hydrogens is 340 g/mol. The number of hydrogen-bond donors (Lipinski definition) is 1. The summed E-state index contributed by atoms with van der Waals surface area (Å²) in [5.74, 6) is -0.0368. The van der Waals surface area contributed by atoms with E-state index in [9.17, 15) is 17.2 Å². The molecule has 2 aromatic rings. The van der Waals surface area contributed by atoms with Crippen LogP contribution in [0.3, 0.4) is 0 Å². The molecule has 3 nitrogen and oxygen atoms in total. The summed E-state index contributed by atoms with van der Waals surface area (Å²) in [7, 11) is -3.63. The summed E-state index contributed by atoms with van der Waals surface area (Å²) in [5, 5.41) is 0. The van der Waals surface area contributed by atoms with E-state index in [-0.39, 0.29) is 17.3 Å². The lowest BCUT2D eigenvalue weighted by molar-refractivity contribution is 0.579. The number of hydrogen-bond acceptors (Lipinski definition) is 3. The molecule has 0 heterocycles. The largest absolute Gasteiger partial charge is 0.240 e. The predicted octanol–water partition coefficient (Wildman–Crippen LogP) is 3.73. The van der Waals surface area contributed by atoms with Crippen LogP contribution in [-0.4, -0.2) is 20.7 Å². The maximum Gasteiger partial charge on any atom is 0.240 e. The van der Waals surface area contributed by atoms with Crippen molar-refractivity contribution in [1.82, 2.24) is 4.72 Å². The van der Waals surface area contributed by atoms with Crippen molar-refractivity contribution in [2.75, 3.05) is 12.3 Å². The van der Waals surface area contributed by atoms with Crippen molar-refractivity contribution in [3.05, 3.63) is 59.7 Å². The molecule has 23 heavy (non-hydrogen) atoms. The summed E-state index contributed by atoms with van der Waals surface area (Å²) in [6, 6.07) is 9.74. The number of rotatable bonds is 7. The van der Waals surface area contributed by atoms with Gasteiger partial charge in [-0.3, -0.25) is 0 Å². The Kier molecular flexibility index (Phi) is 6.15. The second kappa shape index (κ2) is 7.90. The van der Waals surface area contributed by atoms with Crippen LogP contribution in [0.25, 0.3) is 0 Å². The zero-order valence-corrected chi connectivity index (χ0v) is 14.2. The SMILES string of the molecule is Cc1cc(F)ccc1S(=O)(=O)NCCCSc1ccc(F)cc1. The highest BCUT2D eigenvalue weighted by Crippen LogP contribution is 2.19. The fourth-order valence-corrected chi connectivity index (χ4v) is 4.14. The molecule has 0 amide bonds. The number of aryl methyl sites for hydroxylation is 1. The van der Waals surface area contributed by atoms with Crippen LogP contribution < -0.4 is 4.72 Å². The number of nitrogens with one attached hydrogen (secondary N) is 1. The summed E-state index contributed by atoms with van der Waals surface area (Å²) >= 11 is 1.53. The zero-order chi connectivity index (χ0) is 16.9. The first-order chi connectivity index (χ1) is 10.9. The maximum atomic E-state index is 13.0. The monoisotopic (exact) mass is 357 g/mol. The van der Waals surface area contributed by atoms with Crippen molar-refractivity contribution in [2.45, 2.75) is 23.1 Å². The number of thioether (sulfide) groups is 1. The van der Waals surface area contributed by atoms with E-state index in [1.807, 2.05) is 0 Å². The summed E-state index contributed by atoms with van der Waals surface area (Å²) in [6.07, 6.45) is 0.627. The van der Waals surface area contributed by atoms with Crippen molar-refractivity contribution in [2.24, 2.45) is 0 Å². The molecule has 0 aliphatic rings. The second-order valence-electron chi connectivity index (χ2n) is 4.96. The number of halogens is 2. The smallest absolute Gasteiger partial charge is 0.211 e. The van der Waals surface area contributed by atoms with E-state index in [1.54, 1.807) is 19.1 Å². The molecule has 0 spiro atoms. The molecule has 2 aromatic carbocycles. The first-order valence-electron chi connectivity index (χ1n) is 7.03. The van der Waals surface area contributed by atoms with Crippen molar-refractivity contribution in [3.8, 4) is 0 Å². The highest BCUT2D eigenvalue weighted by atomic mass is 32.2. The van der Waals surface area contributed by atoms with Gasteiger partial charge in [-0.05, 0) is 67.1 Å². The molecule has 1 N–H and O–H groups in total. The van der Waals surface area contributed by atoms with Gasteiger partial charge in [0.05, 0.1) is 4.90 Å². The third kappa shape index (κ3) is 5.30. The highest BCUT2D eigenvalue weighted by molar-refractivity contribution is 7.99. The molecule has 0 radical (unpaired) electrons. The van der Waals surface area contributed by atoms with Gasteiger partial charge in [-0.25, -0.2) is 21.9 Å². The molecule has 0 bridgehead atoms. The molecule has 0 fully saturated rings. The molecular formula is C16H17F2NO2S2. The summed E-state index contributed by atoms with van der Waals surface area (Å²) < 4.78 is 52.6. The number of benzene rings is 2. The minimum atomic E-state index is -3.63. The van der Waals surface area contributed by atoms with Gasteiger partial charge in [0.25, 0.3) is 0 Å². The molecule has 0 aliphatic heterocycles. The van der Waals surface area contributed by atoms with Gasteiger partial charge >= 0.3 is 0 Å². The molecule has 0 unspecified atom stereocenters. The summed E-state index contributed by atoms with van der Waals surface area (Å²) in [6.45, 7) is 1.84. The molecule has 0 aliphatic carbocycles. The molecule has 0 saturated carbocycles. The van der Waals surface area contributed by atoms with Crippen molar-refractivity contribution >= 4 is 21.8 Å². The van der Waals surface area contributed by atoms with Gasteiger partial charge in [0.15, 0.2) is 0 Å². The lowest BCUT2D eigenvalue weighted by Crippen LogP contribution is -2.25. The van der Waals surface area contributed by atoms with Gasteiger partial charge in [-0.15, -0.1) is 11.8 Å². The molecule has 0 saturated heterocycles. The van der Waals surface area contributed by atoms with Gasteiger partial charge < -0.3 is 0 Å². The van der Waals surface area contributed by atoms with Crippen LogP contribution in [0.1, 0.15) is 12.0 Å².